The van der Waals surface area contributed by atoms with Gasteiger partial charge in [0.05, 0.1) is 0 Å². The summed E-state index contributed by atoms with van der Waals surface area (Å²) >= 11 is 0. The molecule has 2 heteroatoms. The van der Waals surface area contributed by atoms with Gasteiger partial charge in [-0.25, -0.2) is 0 Å². The fourth-order valence-electron chi connectivity index (χ4n) is 11.0. The minimum Gasteiger partial charge on any atom is -0.310 e. The average molecular weight is 963 g/mol. The molecule has 0 aliphatic carbocycles. The molecule has 0 unspecified atom stereocenters. The summed E-state index contributed by atoms with van der Waals surface area (Å²) in [6.45, 7) is 11.1. The normalized spacial score (nSPS) is 11.3. The Balaban J connectivity index is 0.894. The van der Waals surface area contributed by atoms with Crippen molar-refractivity contribution in [2.45, 2.75) is 34.6 Å². The van der Waals surface area contributed by atoms with Crippen molar-refractivity contribution in [1.29, 1.82) is 0 Å². The molecular weight excluding hydrogens is 905 g/mol. The van der Waals surface area contributed by atoms with Crippen LogP contribution in [0.2, 0.25) is 0 Å². The molecular formula is C73H58N2. The molecule has 0 spiro atoms. The first-order valence-electron chi connectivity index (χ1n) is 26.1. The van der Waals surface area contributed by atoms with Gasteiger partial charge in [-0.2, -0.15) is 0 Å². The molecule has 0 fully saturated rings. The standard InChI is InChI=1S/C73H58N2/c1-49-22-33-62(34-23-49)74(64-37-27-56(28-38-64)54-14-8-6-9-15-54)66-20-12-18-58(45-66)60-31-42-68-69(41-26-51(3)71(68)47-60)73-53(5)44-52(4)72-48-61(32-43-70(72)73)59-19-13-21-67(46-59)75(63-35-24-50(2)25-36-63)65-39-29-57(30-40-65)55-16-10-7-11-17-55/h6-48H,1-5H3. The van der Waals surface area contributed by atoms with Crippen LogP contribution < -0.4 is 9.80 Å². The quantitative estimate of drug-likeness (QED) is 0.127. The first-order chi connectivity index (χ1) is 36.7. The fourth-order valence-corrected chi connectivity index (χ4v) is 11.0. The third-order valence-corrected chi connectivity index (χ3v) is 15.0. The Labute approximate surface area is 442 Å². The Morgan fingerprint density at radius 2 is 0.587 bits per heavy atom. The van der Waals surface area contributed by atoms with E-state index in [4.69, 9.17) is 0 Å². The van der Waals surface area contributed by atoms with Crippen LogP contribution in [-0.2, 0) is 0 Å². The molecule has 75 heavy (non-hydrogen) atoms. The van der Waals surface area contributed by atoms with Crippen molar-refractivity contribution in [2.24, 2.45) is 0 Å². The van der Waals surface area contributed by atoms with Crippen LogP contribution in [0.4, 0.5) is 34.1 Å². The summed E-state index contributed by atoms with van der Waals surface area (Å²) in [6, 6.07) is 95.8. The summed E-state index contributed by atoms with van der Waals surface area (Å²) in [5.74, 6) is 0. The first-order valence-corrected chi connectivity index (χ1v) is 26.1. The van der Waals surface area contributed by atoms with E-state index in [1.165, 1.54) is 105 Å². The van der Waals surface area contributed by atoms with Gasteiger partial charge in [0.15, 0.2) is 0 Å². The minimum atomic E-state index is 1.11. The molecule has 0 atom stereocenters. The zero-order valence-electron chi connectivity index (χ0n) is 43.2. The van der Waals surface area contributed by atoms with E-state index in [0.717, 1.165) is 34.1 Å². The maximum Gasteiger partial charge on any atom is 0.0467 e. The maximum absolute atomic E-state index is 2.40. The summed E-state index contributed by atoms with van der Waals surface area (Å²) in [5, 5.41) is 5.05. The summed E-state index contributed by atoms with van der Waals surface area (Å²) in [5.41, 5.74) is 25.1. The smallest absolute Gasteiger partial charge is 0.0467 e. The van der Waals surface area contributed by atoms with Crippen molar-refractivity contribution < 1.29 is 0 Å². The molecule has 0 bridgehead atoms. The van der Waals surface area contributed by atoms with Gasteiger partial charge in [0.2, 0.25) is 0 Å². The van der Waals surface area contributed by atoms with Crippen LogP contribution in [0.3, 0.4) is 0 Å². The molecule has 0 radical (unpaired) electrons. The molecule has 0 aliphatic rings. The Kier molecular flexibility index (Phi) is 12.5. The lowest BCUT2D eigenvalue weighted by atomic mass is 9.86. The average Bonchev–Trinajstić information content (AvgIpc) is 3.48. The van der Waals surface area contributed by atoms with E-state index in [1.54, 1.807) is 0 Å². The summed E-state index contributed by atoms with van der Waals surface area (Å²) < 4.78 is 0. The van der Waals surface area contributed by atoms with Gasteiger partial charge in [-0.15, -0.1) is 0 Å². The van der Waals surface area contributed by atoms with E-state index in [-0.39, 0.29) is 0 Å². The van der Waals surface area contributed by atoms with Gasteiger partial charge in [-0.1, -0.05) is 187 Å². The molecule has 0 N–H and O–H groups in total. The largest absolute Gasteiger partial charge is 0.310 e. The number of aryl methyl sites for hydroxylation is 5. The van der Waals surface area contributed by atoms with Crippen molar-refractivity contribution in [3.63, 3.8) is 0 Å². The number of hydrogen-bond donors (Lipinski definition) is 0. The molecule has 12 rings (SSSR count). The van der Waals surface area contributed by atoms with E-state index >= 15 is 0 Å². The van der Waals surface area contributed by atoms with Crippen LogP contribution in [-0.4, -0.2) is 0 Å². The van der Waals surface area contributed by atoms with Crippen LogP contribution in [0.5, 0.6) is 0 Å². The van der Waals surface area contributed by atoms with Gasteiger partial charge in [0.1, 0.15) is 0 Å². The highest BCUT2D eigenvalue weighted by Gasteiger charge is 2.19. The monoisotopic (exact) mass is 962 g/mol. The summed E-state index contributed by atoms with van der Waals surface area (Å²) in [7, 11) is 0. The second-order valence-electron chi connectivity index (χ2n) is 20.1. The van der Waals surface area contributed by atoms with E-state index in [9.17, 15) is 0 Å². The van der Waals surface area contributed by atoms with Crippen LogP contribution in [0, 0.1) is 34.6 Å². The lowest BCUT2D eigenvalue weighted by Gasteiger charge is -2.26. The van der Waals surface area contributed by atoms with Crippen molar-refractivity contribution in [2.75, 3.05) is 9.80 Å². The van der Waals surface area contributed by atoms with Crippen LogP contribution in [0.15, 0.2) is 261 Å². The number of nitrogens with zero attached hydrogens (tertiary/aromatic N) is 2. The topological polar surface area (TPSA) is 6.48 Å². The second kappa shape index (κ2) is 20.0. The van der Waals surface area contributed by atoms with Crippen LogP contribution in [0.1, 0.15) is 27.8 Å². The van der Waals surface area contributed by atoms with E-state index in [0.29, 0.717) is 0 Å². The Hall–Kier alpha value is -9.24. The van der Waals surface area contributed by atoms with E-state index < -0.39 is 0 Å². The number of fused-ring (bicyclic) bond motifs is 2. The molecule has 12 aromatic rings. The molecule has 12 aromatic carbocycles. The predicted molar refractivity (Wildman–Crippen MR) is 322 cm³/mol. The van der Waals surface area contributed by atoms with E-state index in [2.05, 4.69) is 305 Å². The van der Waals surface area contributed by atoms with Crippen molar-refractivity contribution in [1.82, 2.24) is 0 Å². The Morgan fingerprint density at radius 3 is 1.05 bits per heavy atom. The lowest BCUT2D eigenvalue weighted by molar-refractivity contribution is 1.27. The second-order valence-corrected chi connectivity index (χ2v) is 20.1. The molecule has 0 aromatic heterocycles. The molecule has 0 amide bonds. The highest BCUT2D eigenvalue weighted by atomic mass is 15.1. The van der Waals surface area contributed by atoms with Crippen LogP contribution >= 0.6 is 0 Å². The van der Waals surface area contributed by atoms with Crippen molar-refractivity contribution >= 4 is 55.7 Å². The molecule has 0 saturated heterocycles. The minimum absolute atomic E-state index is 1.11. The Bertz CT molecular complexity index is 4010. The summed E-state index contributed by atoms with van der Waals surface area (Å²) in [4.78, 5) is 4.73. The lowest BCUT2D eigenvalue weighted by Crippen LogP contribution is -2.10. The fraction of sp³-hybridized carbons (Fsp3) is 0.0685. The molecule has 0 heterocycles. The number of benzene rings is 12. The van der Waals surface area contributed by atoms with Gasteiger partial charge in [0.25, 0.3) is 0 Å². The molecule has 0 saturated carbocycles. The molecule has 2 nitrogen and oxygen atoms in total. The SMILES string of the molecule is Cc1ccc(N(c2ccc(-c3ccccc3)cc2)c2cccc(-c3ccc4c(-c5c(C)cc(C)c6cc(-c7cccc(N(c8ccc(C)cc8)c8ccc(-c9ccccc9)cc8)c7)ccc56)ccc(C)c4c3)c2)cc1. The molecule has 360 valence electrons. The zero-order chi connectivity index (χ0) is 51.0. The van der Waals surface area contributed by atoms with Gasteiger partial charge in [0, 0.05) is 34.1 Å². The predicted octanol–water partition coefficient (Wildman–Crippen LogP) is 20.8. The first kappa shape index (κ1) is 46.8. The van der Waals surface area contributed by atoms with Crippen LogP contribution in [0.25, 0.3) is 77.2 Å². The third-order valence-electron chi connectivity index (χ3n) is 15.0. The van der Waals surface area contributed by atoms with Gasteiger partial charge in [-0.05, 0) is 213 Å². The summed E-state index contributed by atoms with van der Waals surface area (Å²) in [6.07, 6.45) is 0. The zero-order valence-corrected chi connectivity index (χ0v) is 43.2. The third kappa shape index (κ3) is 9.28. The Morgan fingerprint density at radius 1 is 0.213 bits per heavy atom. The van der Waals surface area contributed by atoms with Gasteiger partial charge in [-0.3, -0.25) is 0 Å². The maximum atomic E-state index is 2.40. The van der Waals surface area contributed by atoms with Crippen molar-refractivity contribution in [3.05, 3.63) is 289 Å². The van der Waals surface area contributed by atoms with Gasteiger partial charge < -0.3 is 9.80 Å². The highest BCUT2D eigenvalue weighted by Crippen LogP contribution is 2.44. The number of hydrogen-bond acceptors (Lipinski definition) is 2. The van der Waals surface area contributed by atoms with Gasteiger partial charge >= 0.3 is 0 Å². The van der Waals surface area contributed by atoms with E-state index in [1.807, 2.05) is 0 Å². The number of anilines is 6. The van der Waals surface area contributed by atoms with Crippen molar-refractivity contribution in [3.8, 4) is 55.6 Å². The molecule has 0 aliphatic heterocycles. The number of rotatable bonds is 11. The highest BCUT2D eigenvalue weighted by molar-refractivity contribution is 6.09.